The molecule has 0 saturated carbocycles. The van der Waals surface area contributed by atoms with Gasteiger partial charge in [0.2, 0.25) is 5.91 Å². The number of aromatic nitrogens is 2. The van der Waals surface area contributed by atoms with Crippen molar-refractivity contribution >= 4 is 11.7 Å². The normalized spacial score (nSPS) is 11.5. The molecule has 84 valence electrons. The Morgan fingerprint density at radius 3 is 2.53 bits per heavy atom. The van der Waals surface area contributed by atoms with Gasteiger partial charge in [0.05, 0.1) is 0 Å². The van der Waals surface area contributed by atoms with Crippen molar-refractivity contribution in [1.29, 1.82) is 0 Å². The maximum atomic E-state index is 11.5. The summed E-state index contributed by atoms with van der Waals surface area (Å²) in [5, 5.41) is 9.52. The number of nitrogens with one attached hydrogen (secondary N) is 2. The van der Waals surface area contributed by atoms with Gasteiger partial charge in [-0.15, -0.1) is 0 Å². The van der Waals surface area contributed by atoms with Crippen molar-refractivity contribution in [1.82, 2.24) is 10.2 Å². The molecule has 1 aromatic heterocycles. The van der Waals surface area contributed by atoms with Gasteiger partial charge in [0.1, 0.15) is 0 Å². The number of nitrogens with zero attached hydrogens (tertiary/aromatic N) is 1. The van der Waals surface area contributed by atoms with Gasteiger partial charge in [-0.25, -0.2) is 0 Å². The van der Waals surface area contributed by atoms with Crippen LogP contribution in [0, 0.1) is 13.8 Å². The fraction of sp³-hybridized carbons (Fsp3) is 0.600. The molecule has 0 radical (unpaired) electrons. The number of carbonyl (C=O) groups is 1. The summed E-state index contributed by atoms with van der Waals surface area (Å²) in [6, 6.07) is 0. The SMILES string of the molecule is Cc1[nH]nc(NC(=O)CC(C)(C)N)c1C. The van der Waals surface area contributed by atoms with Gasteiger partial charge in [0.25, 0.3) is 0 Å². The molecular weight excluding hydrogens is 192 g/mol. The molecule has 1 amide bonds. The predicted octanol–water partition coefficient (Wildman–Crippen LogP) is 1.09. The minimum absolute atomic E-state index is 0.114. The quantitative estimate of drug-likeness (QED) is 0.698. The molecule has 0 aromatic carbocycles. The molecule has 0 fully saturated rings. The molecule has 0 atom stereocenters. The summed E-state index contributed by atoms with van der Waals surface area (Å²) < 4.78 is 0. The monoisotopic (exact) mass is 210 g/mol. The Hall–Kier alpha value is -1.36. The summed E-state index contributed by atoms with van der Waals surface area (Å²) in [7, 11) is 0. The second kappa shape index (κ2) is 4.02. The molecule has 5 heteroatoms. The Labute approximate surface area is 89.4 Å². The van der Waals surface area contributed by atoms with E-state index in [2.05, 4.69) is 15.5 Å². The molecule has 15 heavy (non-hydrogen) atoms. The number of anilines is 1. The molecular formula is C10H18N4O. The minimum Gasteiger partial charge on any atom is -0.325 e. The summed E-state index contributed by atoms with van der Waals surface area (Å²) in [6.07, 6.45) is 0.276. The minimum atomic E-state index is -0.497. The van der Waals surface area contributed by atoms with Crippen molar-refractivity contribution in [3.8, 4) is 0 Å². The fourth-order valence-corrected chi connectivity index (χ4v) is 1.20. The number of aryl methyl sites for hydroxylation is 1. The van der Waals surface area contributed by atoms with Crippen LogP contribution >= 0.6 is 0 Å². The highest BCUT2D eigenvalue weighted by Crippen LogP contribution is 2.14. The Balaban J connectivity index is 2.63. The zero-order valence-electron chi connectivity index (χ0n) is 9.64. The van der Waals surface area contributed by atoms with Gasteiger partial charge in [0, 0.05) is 23.2 Å². The molecule has 5 nitrogen and oxygen atoms in total. The smallest absolute Gasteiger partial charge is 0.227 e. The molecule has 0 spiro atoms. The highest BCUT2D eigenvalue weighted by atomic mass is 16.1. The van der Waals surface area contributed by atoms with Gasteiger partial charge in [-0.1, -0.05) is 0 Å². The first-order valence-corrected chi connectivity index (χ1v) is 4.90. The van der Waals surface area contributed by atoms with Crippen molar-refractivity contribution in [3.63, 3.8) is 0 Å². The van der Waals surface area contributed by atoms with Crippen molar-refractivity contribution in [2.45, 2.75) is 39.7 Å². The van der Waals surface area contributed by atoms with Crippen LogP contribution in [0.25, 0.3) is 0 Å². The molecule has 1 heterocycles. The maximum Gasteiger partial charge on any atom is 0.227 e. The molecule has 1 rings (SSSR count). The van der Waals surface area contributed by atoms with Crippen LogP contribution in [-0.2, 0) is 4.79 Å². The van der Waals surface area contributed by atoms with Gasteiger partial charge in [0.15, 0.2) is 5.82 Å². The third-order valence-electron chi connectivity index (χ3n) is 2.13. The molecule has 0 unspecified atom stereocenters. The van der Waals surface area contributed by atoms with E-state index in [1.807, 2.05) is 27.7 Å². The Morgan fingerprint density at radius 1 is 1.53 bits per heavy atom. The van der Waals surface area contributed by atoms with Crippen LogP contribution in [0.2, 0.25) is 0 Å². The van der Waals surface area contributed by atoms with E-state index in [1.54, 1.807) is 0 Å². The van der Waals surface area contributed by atoms with Crippen molar-refractivity contribution in [3.05, 3.63) is 11.3 Å². The standard InChI is InChI=1S/C10H18N4O/c1-6-7(2)13-14-9(6)12-8(15)5-10(3,4)11/h5,11H2,1-4H3,(H2,12,13,14,15). The highest BCUT2D eigenvalue weighted by molar-refractivity contribution is 5.91. The second-order valence-corrected chi connectivity index (χ2v) is 4.54. The lowest BCUT2D eigenvalue weighted by atomic mass is 10.0. The second-order valence-electron chi connectivity index (χ2n) is 4.54. The average molecular weight is 210 g/mol. The van der Waals surface area contributed by atoms with Crippen molar-refractivity contribution in [2.75, 3.05) is 5.32 Å². The molecule has 1 aromatic rings. The summed E-state index contributed by atoms with van der Waals surface area (Å²) in [5.41, 5.74) is 7.16. The third kappa shape index (κ3) is 3.36. The van der Waals surface area contributed by atoms with Crippen LogP contribution < -0.4 is 11.1 Å². The van der Waals surface area contributed by atoms with Gasteiger partial charge in [-0.2, -0.15) is 5.10 Å². The van der Waals surface area contributed by atoms with E-state index in [-0.39, 0.29) is 12.3 Å². The van der Waals surface area contributed by atoms with E-state index < -0.39 is 5.54 Å². The number of nitrogens with two attached hydrogens (primary N) is 1. The number of hydrogen-bond donors (Lipinski definition) is 3. The summed E-state index contributed by atoms with van der Waals surface area (Å²) in [5.74, 6) is 0.471. The van der Waals surface area contributed by atoms with E-state index in [4.69, 9.17) is 5.73 Å². The molecule has 0 aliphatic rings. The zero-order chi connectivity index (χ0) is 11.6. The van der Waals surface area contributed by atoms with Gasteiger partial charge in [-0.05, 0) is 27.7 Å². The number of aromatic amines is 1. The summed E-state index contributed by atoms with van der Waals surface area (Å²) in [6.45, 7) is 7.44. The van der Waals surface area contributed by atoms with Crippen LogP contribution in [0.3, 0.4) is 0 Å². The van der Waals surface area contributed by atoms with E-state index >= 15 is 0 Å². The number of rotatable bonds is 3. The lowest BCUT2D eigenvalue weighted by Crippen LogP contribution is -2.36. The lowest BCUT2D eigenvalue weighted by Gasteiger charge is -2.16. The largest absolute Gasteiger partial charge is 0.325 e. The Bertz CT molecular complexity index is 362. The van der Waals surface area contributed by atoms with E-state index in [9.17, 15) is 4.79 Å². The predicted molar refractivity (Wildman–Crippen MR) is 59.6 cm³/mol. The average Bonchev–Trinajstić information content (AvgIpc) is 2.32. The molecule has 0 bridgehead atoms. The lowest BCUT2D eigenvalue weighted by molar-refractivity contribution is -0.117. The van der Waals surface area contributed by atoms with Crippen molar-refractivity contribution in [2.24, 2.45) is 5.73 Å². The zero-order valence-corrected chi connectivity index (χ0v) is 9.64. The first-order valence-electron chi connectivity index (χ1n) is 4.90. The van der Waals surface area contributed by atoms with E-state index in [1.165, 1.54) is 0 Å². The summed E-state index contributed by atoms with van der Waals surface area (Å²) in [4.78, 5) is 11.5. The first-order chi connectivity index (χ1) is 6.79. The van der Waals surface area contributed by atoms with Gasteiger partial charge in [-0.3, -0.25) is 9.89 Å². The van der Waals surface area contributed by atoms with E-state index in [0.717, 1.165) is 11.3 Å². The van der Waals surface area contributed by atoms with Gasteiger partial charge >= 0.3 is 0 Å². The first kappa shape index (κ1) is 11.7. The fourth-order valence-electron chi connectivity index (χ4n) is 1.20. The molecule has 0 aliphatic heterocycles. The van der Waals surface area contributed by atoms with Crippen LogP contribution in [0.5, 0.6) is 0 Å². The van der Waals surface area contributed by atoms with Crippen LogP contribution in [-0.4, -0.2) is 21.6 Å². The van der Waals surface area contributed by atoms with Crippen LogP contribution in [0.1, 0.15) is 31.5 Å². The number of carbonyl (C=O) groups excluding carboxylic acids is 1. The van der Waals surface area contributed by atoms with Crippen LogP contribution in [0.15, 0.2) is 0 Å². The number of hydrogen-bond acceptors (Lipinski definition) is 3. The van der Waals surface area contributed by atoms with Gasteiger partial charge < -0.3 is 11.1 Å². The highest BCUT2D eigenvalue weighted by Gasteiger charge is 2.17. The Kier molecular flexibility index (Phi) is 3.14. The maximum absolute atomic E-state index is 11.5. The number of H-pyrrole nitrogens is 1. The summed E-state index contributed by atoms with van der Waals surface area (Å²) >= 11 is 0. The van der Waals surface area contributed by atoms with Crippen molar-refractivity contribution < 1.29 is 4.79 Å². The molecule has 0 aliphatic carbocycles. The molecule has 0 saturated heterocycles. The number of amides is 1. The Morgan fingerprint density at radius 2 is 2.13 bits per heavy atom. The van der Waals surface area contributed by atoms with Crippen LogP contribution in [0.4, 0.5) is 5.82 Å². The topological polar surface area (TPSA) is 83.8 Å². The molecule has 4 N–H and O–H groups in total. The van der Waals surface area contributed by atoms with E-state index in [0.29, 0.717) is 5.82 Å². The third-order valence-corrected chi connectivity index (χ3v) is 2.13.